The van der Waals surface area contributed by atoms with Gasteiger partial charge in [0.15, 0.2) is 0 Å². The predicted octanol–water partition coefficient (Wildman–Crippen LogP) is 0.609. The molecule has 84 valence electrons. The zero-order valence-electron chi connectivity index (χ0n) is 9.67. The molecule has 0 unspecified atom stereocenters. The van der Waals surface area contributed by atoms with E-state index in [2.05, 4.69) is 0 Å². The largest absolute Gasteiger partial charge is 0.366 e. The smallest absolute Gasteiger partial charge is 0.248 e. The van der Waals surface area contributed by atoms with Gasteiger partial charge in [-0.3, -0.25) is 4.79 Å². The minimum absolute atomic E-state index is 0.00775. The highest BCUT2D eigenvalue weighted by molar-refractivity contribution is 5.77. The van der Waals surface area contributed by atoms with Gasteiger partial charge < -0.3 is 15.4 Å². The van der Waals surface area contributed by atoms with Crippen LogP contribution in [0.25, 0.3) is 0 Å². The molecule has 4 heteroatoms. The molecule has 0 heterocycles. The number of rotatable bonds is 5. The molecular formula is C10H22N2O2. The molecule has 0 fully saturated rings. The second-order valence-electron chi connectivity index (χ2n) is 4.36. The molecule has 0 bridgehead atoms. The van der Waals surface area contributed by atoms with Gasteiger partial charge in [0, 0.05) is 13.6 Å². The van der Waals surface area contributed by atoms with Crippen molar-refractivity contribution in [3.63, 3.8) is 0 Å². The van der Waals surface area contributed by atoms with Crippen LogP contribution in [-0.4, -0.2) is 43.2 Å². The van der Waals surface area contributed by atoms with Crippen molar-refractivity contribution in [1.82, 2.24) is 4.90 Å². The van der Waals surface area contributed by atoms with Gasteiger partial charge in [0.05, 0.1) is 5.60 Å². The molecule has 0 aromatic heterocycles. The van der Waals surface area contributed by atoms with Gasteiger partial charge >= 0.3 is 0 Å². The molecule has 4 nitrogen and oxygen atoms in total. The molecule has 14 heavy (non-hydrogen) atoms. The first-order valence-electron chi connectivity index (χ1n) is 4.95. The van der Waals surface area contributed by atoms with Crippen molar-refractivity contribution in [2.24, 2.45) is 5.73 Å². The Hall–Kier alpha value is -0.610. The van der Waals surface area contributed by atoms with Crippen LogP contribution in [0, 0.1) is 0 Å². The lowest BCUT2D eigenvalue weighted by atomic mass is 10.2. The summed E-state index contributed by atoms with van der Waals surface area (Å²) in [5, 5.41) is 0. The normalized spacial score (nSPS) is 11.5. The number of hydrogen-bond acceptors (Lipinski definition) is 3. The molecule has 0 saturated heterocycles. The number of amides is 1. The van der Waals surface area contributed by atoms with Crippen LogP contribution in [-0.2, 0) is 9.53 Å². The van der Waals surface area contributed by atoms with Crippen LogP contribution in [0.3, 0.4) is 0 Å². The fourth-order valence-electron chi connectivity index (χ4n) is 0.842. The van der Waals surface area contributed by atoms with E-state index in [9.17, 15) is 4.79 Å². The summed E-state index contributed by atoms with van der Waals surface area (Å²) in [5.74, 6) is 0.00775. The van der Waals surface area contributed by atoms with Crippen LogP contribution in [0.5, 0.6) is 0 Å². The molecule has 0 saturated carbocycles. The summed E-state index contributed by atoms with van der Waals surface area (Å²) in [6, 6.07) is 0. The third-order valence-corrected chi connectivity index (χ3v) is 1.75. The number of hydrogen-bond donors (Lipinski definition) is 1. The molecule has 0 aliphatic carbocycles. The Balaban J connectivity index is 3.73. The minimum atomic E-state index is -0.260. The molecule has 2 N–H and O–H groups in total. The maximum atomic E-state index is 11.5. The zero-order chi connectivity index (χ0) is 11.2. The Morgan fingerprint density at radius 1 is 1.43 bits per heavy atom. The topological polar surface area (TPSA) is 55.6 Å². The summed E-state index contributed by atoms with van der Waals surface area (Å²) >= 11 is 0. The zero-order valence-corrected chi connectivity index (χ0v) is 9.67. The average Bonchev–Trinajstić information content (AvgIpc) is 2.09. The molecular weight excluding hydrogens is 180 g/mol. The lowest BCUT2D eigenvalue weighted by Crippen LogP contribution is -2.34. The maximum absolute atomic E-state index is 11.5. The van der Waals surface area contributed by atoms with Crippen LogP contribution in [0.15, 0.2) is 0 Å². The van der Waals surface area contributed by atoms with Crippen molar-refractivity contribution >= 4 is 5.91 Å². The van der Waals surface area contributed by atoms with E-state index in [1.54, 1.807) is 11.9 Å². The summed E-state index contributed by atoms with van der Waals surface area (Å²) in [6.45, 7) is 7.24. The molecule has 0 rings (SSSR count). The van der Waals surface area contributed by atoms with Gasteiger partial charge in [-0.2, -0.15) is 0 Å². The van der Waals surface area contributed by atoms with Crippen molar-refractivity contribution in [3.05, 3.63) is 0 Å². The fraction of sp³-hybridized carbons (Fsp3) is 0.900. The minimum Gasteiger partial charge on any atom is -0.366 e. The van der Waals surface area contributed by atoms with Gasteiger partial charge in [0.2, 0.25) is 5.91 Å². The molecule has 0 spiro atoms. The summed E-state index contributed by atoms with van der Waals surface area (Å²) in [6.07, 6.45) is 0.831. The Morgan fingerprint density at radius 2 is 2.00 bits per heavy atom. The molecule has 0 aromatic carbocycles. The summed E-state index contributed by atoms with van der Waals surface area (Å²) < 4.78 is 5.37. The number of carbonyl (C=O) groups is 1. The van der Waals surface area contributed by atoms with E-state index < -0.39 is 0 Å². The van der Waals surface area contributed by atoms with E-state index >= 15 is 0 Å². The summed E-state index contributed by atoms with van der Waals surface area (Å²) in [7, 11) is 1.77. The van der Waals surface area contributed by atoms with Gasteiger partial charge in [0.1, 0.15) is 6.61 Å². The second kappa shape index (κ2) is 5.98. The predicted molar refractivity (Wildman–Crippen MR) is 57.0 cm³/mol. The standard InChI is InChI=1S/C10H22N2O2/c1-10(2,3)14-8-9(13)12(4)7-5-6-11/h5-8,11H2,1-4H3. The lowest BCUT2D eigenvalue weighted by Gasteiger charge is -2.22. The molecule has 0 atom stereocenters. The van der Waals surface area contributed by atoms with Gasteiger partial charge in [-0.25, -0.2) is 0 Å². The highest BCUT2D eigenvalue weighted by Crippen LogP contribution is 2.06. The van der Waals surface area contributed by atoms with Crippen LogP contribution in [0.2, 0.25) is 0 Å². The van der Waals surface area contributed by atoms with E-state index in [0.29, 0.717) is 13.1 Å². The first kappa shape index (κ1) is 13.4. The molecule has 0 aliphatic heterocycles. The third-order valence-electron chi connectivity index (χ3n) is 1.75. The quantitative estimate of drug-likeness (QED) is 0.710. The number of ether oxygens (including phenoxy) is 1. The Labute approximate surface area is 86.4 Å². The van der Waals surface area contributed by atoms with E-state index in [1.807, 2.05) is 20.8 Å². The van der Waals surface area contributed by atoms with Crippen LogP contribution < -0.4 is 5.73 Å². The van der Waals surface area contributed by atoms with Crippen LogP contribution >= 0.6 is 0 Å². The van der Waals surface area contributed by atoms with Crippen molar-refractivity contribution in [2.45, 2.75) is 32.8 Å². The Bertz CT molecular complexity index is 175. The monoisotopic (exact) mass is 202 g/mol. The van der Waals surface area contributed by atoms with Crippen LogP contribution in [0.1, 0.15) is 27.2 Å². The first-order valence-corrected chi connectivity index (χ1v) is 4.95. The lowest BCUT2D eigenvalue weighted by molar-refractivity contribution is -0.139. The van der Waals surface area contributed by atoms with Gasteiger partial charge in [-0.15, -0.1) is 0 Å². The van der Waals surface area contributed by atoms with Crippen molar-refractivity contribution in [3.8, 4) is 0 Å². The third kappa shape index (κ3) is 6.86. The summed E-state index contributed by atoms with van der Waals surface area (Å²) in [4.78, 5) is 13.1. The first-order chi connectivity index (χ1) is 6.37. The Kier molecular flexibility index (Phi) is 5.72. The average molecular weight is 202 g/mol. The Morgan fingerprint density at radius 3 is 2.43 bits per heavy atom. The van der Waals surface area contributed by atoms with Gasteiger partial charge in [-0.05, 0) is 33.7 Å². The van der Waals surface area contributed by atoms with Gasteiger partial charge in [-0.1, -0.05) is 0 Å². The number of nitrogens with zero attached hydrogens (tertiary/aromatic N) is 1. The molecule has 0 aliphatic rings. The van der Waals surface area contributed by atoms with E-state index in [0.717, 1.165) is 6.42 Å². The van der Waals surface area contributed by atoms with E-state index in [-0.39, 0.29) is 18.1 Å². The molecule has 0 aromatic rings. The van der Waals surface area contributed by atoms with E-state index in [1.165, 1.54) is 0 Å². The van der Waals surface area contributed by atoms with Crippen molar-refractivity contribution < 1.29 is 9.53 Å². The van der Waals surface area contributed by atoms with Gasteiger partial charge in [0.25, 0.3) is 0 Å². The second-order valence-corrected chi connectivity index (χ2v) is 4.36. The highest BCUT2D eigenvalue weighted by Gasteiger charge is 2.14. The number of carbonyl (C=O) groups excluding carboxylic acids is 1. The highest BCUT2D eigenvalue weighted by atomic mass is 16.5. The van der Waals surface area contributed by atoms with Crippen molar-refractivity contribution in [1.29, 1.82) is 0 Å². The van der Waals surface area contributed by atoms with E-state index in [4.69, 9.17) is 10.5 Å². The fourth-order valence-corrected chi connectivity index (χ4v) is 0.842. The SMILES string of the molecule is CN(CCCN)C(=O)COC(C)(C)C. The number of likely N-dealkylation sites (N-methyl/N-ethyl adjacent to an activating group) is 1. The molecule has 1 amide bonds. The summed E-state index contributed by atoms with van der Waals surface area (Å²) in [5.41, 5.74) is 5.09. The number of nitrogens with two attached hydrogens (primary N) is 1. The van der Waals surface area contributed by atoms with Crippen LogP contribution in [0.4, 0.5) is 0 Å². The maximum Gasteiger partial charge on any atom is 0.248 e. The van der Waals surface area contributed by atoms with Crippen molar-refractivity contribution in [2.75, 3.05) is 26.7 Å². The molecule has 0 radical (unpaired) electrons.